The number of carbonyl (C=O) groups excluding carboxylic acids is 1. The Morgan fingerprint density at radius 2 is 1.95 bits per heavy atom. The molecule has 1 saturated heterocycles. The first-order valence-corrected chi connectivity index (χ1v) is 6.18. The fourth-order valence-electron chi connectivity index (χ4n) is 1.87. The number of halogens is 3. The molecule has 1 aliphatic rings. The van der Waals surface area contributed by atoms with Gasteiger partial charge >= 0.3 is 6.18 Å². The molecule has 0 unspecified atom stereocenters. The molecule has 0 spiro atoms. The molecule has 1 aliphatic heterocycles. The van der Waals surface area contributed by atoms with Gasteiger partial charge < -0.3 is 14.7 Å². The zero-order valence-electron chi connectivity index (χ0n) is 10.7. The van der Waals surface area contributed by atoms with Crippen LogP contribution in [0.3, 0.4) is 0 Å². The van der Waals surface area contributed by atoms with Crippen LogP contribution in [0.4, 0.5) is 13.2 Å². The summed E-state index contributed by atoms with van der Waals surface area (Å²) in [7, 11) is 0. The molecular formula is C11H19F3N2O3. The molecule has 19 heavy (non-hydrogen) atoms. The summed E-state index contributed by atoms with van der Waals surface area (Å²) < 4.78 is 42.2. The lowest BCUT2D eigenvalue weighted by atomic mass is 10.3. The van der Waals surface area contributed by atoms with Crippen molar-refractivity contribution >= 4 is 5.91 Å². The summed E-state index contributed by atoms with van der Waals surface area (Å²) >= 11 is 0. The number of alkyl halides is 3. The predicted molar refractivity (Wildman–Crippen MR) is 61.6 cm³/mol. The lowest BCUT2D eigenvalue weighted by Gasteiger charge is -2.30. The van der Waals surface area contributed by atoms with Crippen LogP contribution in [0.1, 0.15) is 6.42 Å². The molecule has 0 atom stereocenters. The maximum atomic E-state index is 12.4. The lowest BCUT2D eigenvalue weighted by Crippen LogP contribution is -2.47. The van der Waals surface area contributed by atoms with Crippen LogP contribution in [-0.4, -0.2) is 79.5 Å². The fraction of sp³-hybridized carbons (Fsp3) is 0.909. The Bertz CT molecular complexity index is 281. The molecule has 1 heterocycles. The molecule has 5 nitrogen and oxygen atoms in total. The summed E-state index contributed by atoms with van der Waals surface area (Å²) in [4.78, 5) is 14.4. The molecule has 1 fully saturated rings. The molecule has 0 aromatic rings. The Balaban J connectivity index is 2.47. The number of carbonyl (C=O) groups is 1. The number of aliphatic hydroxyl groups excluding tert-OH is 1. The van der Waals surface area contributed by atoms with E-state index in [1.807, 2.05) is 0 Å². The topological polar surface area (TPSA) is 53.0 Å². The molecular weight excluding hydrogens is 265 g/mol. The summed E-state index contributed by atoms with van der Waals surface area (Å²) in [5.41, 5.74) is 0. The second-order valence-electron chi connectivity index (χ2n) is 4.40. The van der Waals surface area contributed by atoms with Gasteiger partial charge in [-0.2, -0.15) is 13.2 Å². The van der Waals surface area contributed by atoms with Crippen LogP contribution in [-0.2, 0) is 9.53 Å². The van der Waals surface area contributed by atoms with Crippen LogP contribution in [0.2, 0.25) is 0 Å². The maximum absolute atomic E-state index is 12.4. The standard InChI is InChI=1S/C11H19F3N2O3/c12-11(13,14)9-15(2-1-5-17)8-10(18)16-3-6-19-7-4-16/h17H,1-9H2. The van der Waals surface area contributed by atoms with Crippen molar-refractivity contribution in [2.24, 2.45) is 0 Å². The van der Waals surface area contributed by atoms with Crippen LogP contribution >= 0.6 is 0 Å². The highest BCUT2D eigenvalue weighted by Gasteiger charge is 2.32. The summed E-state index contributed by atoms with van der Waals surface area (Å²) in [5, 5.41) is 8.68. The Labute approximate surface area is 109 Å². The van der Waals surface area contributed by atoms with E-state index in [4.69, 9.17) is 9.84 Å². The van der Waals surface area contributed by atoms with Gasteiger partial charge in [0.2, 0.25) is 5.91 Å². The van der Waals surface area contributed by atoms with Gasteiger partial charge in [-0.3, -0.25) is 9.69 Å². The molecule has 0 bridgehead atoms. The molecule has 0 aliphatic carbocycles. The van der Waals surface area contributed by atoms with E-state index in [-0.39, 0.29) is 32.0 Å². The fourth-order valence-corrected chi connectivity index (χ4v) is 1.87. The third kappa shape index (κ3) is 6.74. The third-order valence-corrected chi connectivity index (χ3v) is 2.76. The minimum atomic E-state index is -4.35. The van der Waals surface area contributed by atoms with E-state index in [0.29, 0.717) is 26.3 Å². The number of morpholine rings is 1. The highest BCUT2D eigenvalue weighted by atomic mass is 19.4. The van der Waals surface area contributed by atoms with E-state index in [2.05, 4.69) is 0 Å². The van der Waals surface area contributed by atoms with Gasteiger partial charge in [-0.1, -0.05) is 0 Å². The van der Waals surface area contributed by atoms with E-state index in [9.17, 15) is 18.0 Å². The quantitative estimate of drug-likeness (QED) is 0.751. The van der Waals surface area contributed by atoms with Crippen molar-refractivity contribution in [2.75, 3.05) is 52.5 Å². The number of ether oxygens (including phenoxy) is 1. The van der Waals surface area contributed by atoms with Crippen molar-refractivity contribution in [3.05, 3.63) is 0 Å². The van der Waals surface area contributed by atoms with Crippen molar-refractivity contribution < 1.29 is 27.8 Å². The highest BCUT2D eigenvalue weighted by molar-refractivity contribution is 5.78. The van der Waals surface area contributed by atoms with Crippen molar-refractivity contribution in [1.82, 2.24) is 9.80 Å². The SMILES string of the molecule is O=C(CN(CCCO)CC(F)(F)F)N1CCOCC1. The Kier molecular flexibility index (Phi) is 6.53. The van der Waals surface area contributed by atoms with Gasteiger partial charge in [0.25, 0.3) is 0 Å². The average molecular weight is 284 g/mol. The smallest absolute Gasteiger partial charge is 0.396 e. The van der Waals surface area contributed by atoms with Crippen LogP contribution in [0.5, 0.6) is 0 Å². The van der Waals surface area contributed by atoms with E-state index in [0.717, 1.165) is 4.90 Å². The minimum Gasteiger partial charge on any atom is -0.396 e. The molecule has 0 radical (unpaired) electrons. The normalized spacial score (nSPS) is 17.0. The van der Waals surface area contributed by atoms with E-state index in [1.54, 1.807) is 0 Å². The zero-order valence-corrected chi connectivity index (χ0v) is 10.7. The second kappa shape index (κ2) is 7.66. The largest absolute Gasteiger partial charge is 0.401 e. The first-order valence-electron chi connectivity index (χ1n) is 6.18. The van der Waals surface area contributed by atoms with Crippen molar-refractivity contribution in [3.8, 4) is 0 Å². The van der Waals surface area contributed by atoms with Gasteiger partial charge in [0.15, 0.2) is 0 Å². The Hall–Kier alpha value is -0.860. The summed E-state index contributed by atoms with van der Waals surface area (Å²) in [6, 6.07) is 0. The Morgan fingerprint density at radius 1 is 1.32 bits per heavy atom. The summed E-state index contributed by atoms with van der Waals surface area (Å²) in [5.74, 6) is -0.328. The third-order valence-electron chi connectivity index (χ3n) is 2.76. The van der Waals surface area contributed by atoms with E-state index < -0.39 is 12.7 Å². The number of nitrogens with zero attached hydrogens (tertiary/aromatic N) is 2. The molecule has 1 N–H and O–H groups in total. The monoisotopic (exact) mass is 284 g/mol. The van der Waals surface area contributed by atoms with Gasteiger partial charge in [-0.25, -0.2) is 0 Å². The van der Waals surface area contributed by atoms with Gasteiger partial charge in [-0.15, -0.1) is 0 Å². The lowest BCUT2D eigenvalue weighted by molar-refractivity contribution is -0.153. The molecule has 0 aromatic heterocycles. The number of hydrogen-bond acceptors (Lipinski definition) is 4. The van der Waals surface area contributed by atoms with Gasteiger partial charge in [-0.05, 0) is 6.42 Å². The zero-order chi connectivity index (χ0) is 14.3. The van der Waals surface area contributed by atoms with Crippen molar-refractivity contribution in [3.63, 3.8) is 0 Å². The molecule has 1 amide bonds. The number of aliphatic hydroxyl groups is 1. The summed E-state index contributed by atoms with van der Waals surface area (Å²) in [6.45, 7) is 0.107. The van der Waals surface area contributed by atoms with Crippen LogP contribution in [0.15, 0.2) is 0 Å². The number of hydrogen-bond donors (Lipinski definition) is 1. The second-order valence-corrected chi connectivity index (χ2v) is 4.40. The van der Waals surface area contributed by atoms with Gasteiger partial charge in [0, 0.05) is 26.2 Å². The van der Waals surface area contributed by atoms with Crippen LogP contribution < -0.4 is 0 Å². The predicted octanol–water partition coefficient (Wildman–Crippen LogP) is 0.0919. The average Bonchev–Trinajstić information content (AvgIpc) is 2.35. The number of rotatable bonds is 6. The minimum absolute atomic E-state index is 0.0477. The van der Waals surface area contributed by atoms with Gasteiger partial charge in [0.05, 0.1) is 26.3 Å². The highest BCUT2D eigenvalue weighted by Crippen LogP contribution is 2.16. The molecule has 1 rings (SSSR count). The van der Waals surface area contributed by atoms with Crippen molar-refractivity contribution in [2.45, 2.75) is 12.6 Å². The van der Waals surface area contributed by atoms with Crippen LogP contribution in [0.25, 0.3) is 0 Å². The van der Waals surface area contributed by atoms with E-state index >= 15 is 0 Å². The molecule has 8 heteroatoms. The van der Waals surface area contributed by atoms with E-state index in [1.165, 1.54) is 4.90 Å². The van der Waals surface area contributed by atoms with Gasteiger partial charge in [0.1, 0.15) is 0 Å². The first-order chi connectivity index (χ1) is 8.92. The summed E-state index contributed by atoms with van der Waals surface area (Å²) in [6.07, 6.45) is -4.13. The van der Waals surface area contributed by atoms with Crippen LogP contribution in [0, 0.1) is 0 Å². The first kappa shape index (κ1) is 16.2. The van der Waals surface area contributed by atoms with Crippen molar-refractivity contribution in [1.29, 1.82) is 0 Å². The molecule has 0 aromatic carbocycles. The molecule has 112 valence electrons. The maximum Gasteiger partial charge on any atom is 0.401 e. The number of amides is 1. The molecule has 0 saturated carbocycles. The Morgan fingerprint density at radius 3 is 2.47 bits per heavy atom.